The summed E-state index contributed by atoms with van der Waals surface area (Å²) in [6.45, 7) is 5.64. The van der Waals surface area contributed by atoms with Gasteiger partial charge in [0.1, 0.15) is 5.60 Å². The van der Waals surface area contributed by atoms with Crippen LogP contribution in [0.5, 0.6) is 0 Å². The van der Waals surface area contributed by atoms with E-state index in [4.69, 9.17) is 0 Å². The molecule has 4 nitrogen and oxygen atoms in total. The monoisotopic (exact) mass is 192 g/mol. The van der Waals surface area contributed by atoms with Gasteiger partial charge in [0.2, 0.25) is 0 Å². The van der Waals surface area contributed by atoms with Crippen molar-refractivity contribution in [3.05, 3.63) is 0 Å². The molecule has 1 aliphatic heterocycles. The van der Waals surface area contributed by atoms with E-state index in [1.165, 1.54) is 27.7 Å². The van der Waals surface area contributed by atoms with Gasteiger partial charge in [0.25, 0.3) is 10.1 Å². The number of carbonyl (C=O) groups is 1. The van der Waals surface area contributed by atoms with Crippen molar-refractivity contribution in [3.8, 4) is 0 Å². The van der Waals surface area contributed by atoms with Gasteiger partial charge >= 0.3 is 0 Å². The number of hydrogen-bond acceptors (Lipinski definition) is 4. The van der Waals surface area contributed by atoms with Gasteiger partial charge in [-0.1, -0.05) is 0 Å². The van der Waals surface area contributed by atoms with E-state index in [0.717, 1.165) is 0 Å². The molecule has 0 unspecified atom stereocenters. The van der Waals surface area contributed by atoms with Gasteiger partial charge in [0.15, 0.2) is 10.5 Å². The van der Waals surface area contributed by atoms with E-state index in [0.29, 0.717) is 0 Å². The standard InChI is InChI=1S/C7H12O4S/c1-6(2)5(8)7(3,4)12(9,10)11-6/h1-4H3. The van der Waals surface area contributed by atoms with Crippen LogP contribution in [-0.4, -0.2) is 24.5 Å². The first-order valence-electron chi connectivity index (χ1n) is 3.61. The van der Waals surface area contributed by atoms with Crippen LogP contribution in [0.2, 0.25) is 0 Å². The number of hydrogen-bond donors (Lipinski definition) is 0. The van der Waals surface area contributed by atoms with Gasteiger partial charge in [-0.25, -0.2) is 0 Å². The lowest BCUT2D eigenvalue weighted by Crippen LogP contribution is -2.39. The molecule has 0 amide bonds. The normalized spacial score (nSPS) is 30.5. The zero-order valence-corrected chi connectivity index (χ0v) is 8.36. The van der Waals surface area contributed by atoms with E-state index in [2.05, 4.69) is 4.18 Å². The minimum Gasteiger partial charge on any atom is -0.295 e. The molecule has 0 aromatic heterocycles. The quantitative estimate of drug-likeness (QED) is 0.523. The van der Waals surface area contributed by atoms with Gasteiger partial charge in [-0.3, -0.25) is 8.98 Å². The highest BCUT2D eigenvalue weighted by Gasteiger charge is 2.58. The van der Waals surface area contributed by atoms with Crippen LogP contribution < -0.4 is 0 Å². The van der Waals surface area contributed by atoms with Crippen LogP contribution in [0.1, 0.15) is 27.7 Å². The molecular weight excluding hydrogens is 180 g/mol. The van der Waals surface area contributed by atoms with Crippen molar-refractivity contribution in [1.29, 1.82) is 0 Å². The SMILES string of the molecule is CC1(C)OS(=O)(=O)C(C)(C)C1=O. The number of ketones is 1. The lowest BCUT2D eigenvalue weighted by atomic mass is 9.94. The van der Waals surface area contributed by atoms with Crippen LogP contribution in [-0.2, 0) is 19.1 Å². The minimum absolute atomic E-state index is 0.394. The molecule has 1 fully saturated rings. The highest BCUT2D eigenvalue weighted by Crippen LogP contribution is 2.36. The van der Waals surface area contributed by atoms with E-state index in [9.17, 15) is 13.2 Å². The average Bonchev–Trinajstić information content (AvgIpc) is 1.90. The van der Waals surface area contributed by atoms with Crippen molar-refractivity contribution >= 4 is 15.9 Å². The van der Waals surface area contributed by atoms with Gasteiger partial charge in [0.05, 0.1) is 0 Å². The molecule has 0 saturated carbocycles. The summed E-state index contributed by atoms with van der Waals surface area (Å²) in [4.78, 5) is 11.5. The Balaban J connectivity index is 3.34. The first-order valence-corrected chi connectivity index (χ1v) is 5.02. The Hall–Kier alpha value is -0.420. The second-order valence-corrected chi connectivity index (χ2v) is 5.98. The number of Topliss-reactive ketones (excluding diaryl/α,β-unsaturated/α-hetero) is 1. The topological polar surface area (TPSA) is 60.4 Å². The number of rotatable bonds is 0. The molecule has 0 atom stereocenters. The highest BCUT2D eigenvalue weighted by molar-refractivity contribution is 7.89. The summed E-state index contributed by atoms with van der Waals surface area (Å²) in [6.07, 6.45) is 0. The van der Waals surface area contributed by atoms with Crippen LogP contribution in [0.3, 0.4) is 0 Å². The predicted molar refractivity (Wildman–Crippen MR) is 43.2 cm³/mol. The van der Waals surface area contributed by atoms with Crippen molar-refractivity contribution in [1.82, 2.24) is 0 Å². The van der Waals surface area contributed by atoms with Crippen LogP contribution in [0.4, 0.5) is 0 Å². The molecule has 0 spiro atoms. The maximum Gasteiger partial charge on any atom is 0.280 e. The summed E-state index contributed by atoms with van der Waals surface area (Å²) in [5.74, 6) is -0.394. The van der Waals surface area contributed by atoms with E-state index >= 15 is 0 Å². The summed E-state index contributed by atoms with van der Waals surface area (Å²) in [5.41, 5.74) is -1.21. The fraction of sp³-hybridized carbons (Fsp3) is 0.857. The molecular formula is C7H12O4S. The Morgan fingerprint density at radius 1 is 1.17 bits per heavy atom. The molecule has 0 N–H and O–H groups in total. The Kier molecular flexibility index (Phi) is 1.68. The maximum atomic E-state index is 11.5. The summed E-state index contributed by atoms with van der Waals surface area (Å²) in [5, 5.41) is 0. The van der Waals surface area contributed by atoms with Crippen LogP contribution in [0.15, 0.2) is 0 Å². The Bertz CT molecular complexity index is 323. The minimum atomic E-state index is -3.73. The molecule has 0 bridgehead atoms. The van der Waals surface area contributed by atoms with Crippen molar-refractivity contribution in [2.24, 2.45) is 0 Å². The maximum absolute atomic E-state index is 11.5. The Morgan fingerprint density at radius 2 is 1.58 bits per heavy atom. The lowest BCUT2D eigenvalue weighted by molar-refractivity contribution is -0.129. The zero-order chi connectivity index (χ0) is 9.78. The third-order valence-corrected chi connectivity index (χ3v) is 4.11. The molecule has 0 aromatic rings. The molecule has 0 aromatic carbocycles. The zero-order valence-electron chi connectivity index (χ0n) is 7.54. The van der Waals surface area contributed by atoms with Gasteiger partial charge < -0.3 is 0 Å². The van der Waals surface area contributed by atoms with Gasteiger partial charge in [0, 0.05) is 0 Å². The molecule has 70 valence electrons. The van der Waals surface area contributed by atoms with Gasteiger partial charge in [-0.15, -0.1) is 0 Å². The lowest BCUT2D eigenvalue weighted by Gasteiger charge is -2.13. The second-order valence-electron chi connectivity index (χ2n) is 3.89. The fourth-order valence-corrected chi connectivity index (χ4v) is 2.56. The first kappa shape index (κ1) is 9.67. The van der Waals surface area contributed by atoms with Crippen molar-refractivity contribution < 1.29 is 17.4 Å². The summed E-state index contributed by atoms with van der Waals surface area (Å²) >= 11 is 0. The van der Waals surface area contributed by atoms with Gasteiger partial charge in [-0.05, 0) is 27.7 Å². The van der Waals surface area contributed by atoms with Crippen LogP contribution >= 0.6 is 0 Å². The van der Waals surface area contributed by atoms with Crippen LogP contribution in [0, 0.1) is 0 Å². The fourth-order valence-electron chi connectivity index (χ4n) is 1.25. The molecule has 1 saturated heterocycles. The molecule has 1 heterocycles. The molecule has 0 radical (unpaired) electrons. The third-order valence-electron chi connectivity index (χ3n) is 2.04. The summed E-state index contributed by atoms with van der Waals surface area (Å²) in [7, 11) is -3.73. The van der Waals surface area contributed by atoms with E-state index < -0.39 is 26.2 Å². The van der Waals surface area contributed by atoms with Crippen molar-refractivity contribution in [3.63, 3.8) is 0 Å². The van der Waals surface area contributed by atoms with Crippen molar-refractivity contribution in [2.45, 2.75) is 38.0 Å². The summed E-state index contributed by atoms with van der Waals surface area (Å²) in [6, 6.07) is 0. The average molecular weight is 192 g/mol. The van der Waals surface area contributed by atoms with E-state index in [1.807, 2.05) is 0 Å². The molecule has 1 rings (SSSR count). The molecule has 1 aliphatic rings. The smallest absolute Gasteiger partial charge is 0.280 e. The van der Waals surface area contributed by atoms with Gasteiger partial charge in [-0.2, -0.15) is 8.42 Å². The van der Waals surface area contributed by atoms with Crippen molar-refractivity contribution in [2.75, 3.05) is 0 Å². The highest BCUT2D eigenvalue weighted by atomic mass is 32.2. The Labute approximate surface area is 72.0 Å². The van der Waals surface area contributed by atoms with E-state index in [1.54, 1.807) is 0 Å². The largest absolute Gasteiger partial charge is 0.295 e. The van der Waals surface area contributed by atoms with Crippen LogP contribution in [0.25, 0.3) is 0 Å². The number of carbonyl (C=O) groups excluding carboxylic acids is 1. The third kappa shape index (κ3) is 0.998. The van der Waals surface area contributed by atoms with E-state index in [-0.39, 0.29) is 0 Å². The first-order chi connectivity index (χ1) is 5.11. The molecule has 5 heteroatoms. The summed E-state index contributed by atoms with van der Waals surface area (Å²) < 4.78 is 25.8. The predicted octanol–water partition coefficient (Wildman–Crippen LogP) is 0.473. The Morgan fingerprint density at radius 3 is 1.67 bits per heavy atom. The second kappa shape index (κ2) is 2.09. The molecule has 0 aliphatic carbocycles. The molecule has 12 heavy (non-hydrogen) atoms.